The van der Waals surface area contributed by atoms with E-state index >= 15 is 0 Å². The van der Waals surface area contributed by atoms with Gasteiger partial charge < -0.3 is 0 Å². The lowest BCUT2D eigenvalue weighted by Gasteiger charge is -2.16. The topological polar surface area (TPSA) is 0 Å². The minimum absolute atomic E-state index is 1.00. The van der Waals surface area contributed by atoms with E-state index < -0.39 is 0 Å². The molecule has 4 fully saturated rings. The molecule has 0 saturated heterocycles. The Labute approximate surface area is 68.4 Å². The van der Waals surface area contributed by atoms with Crippen molar-refractivity contribution in [3.63, 3.8) is 0 Å². The molecule has 0 aromatic rings. The maximum atomic E-state index is 1.62. The monoisotopic (exact) mass is 148 g/mol. The van der Waals surface area contributed by atoms with Gasteiger partial charge in [-0.15, -0.1) is 0 Å². The highest BCUT2D eigenvalue weighted by atomic mass is 14.8. The highest BCUT2D eigenvalue weighted by Crippen LogP contribution is 2.83. The van der Waals surface area contributed by atoms with Crippen LogP contribution in [-0.4, -0.2) is 0 Å². The summed E-state index contributed by atoms with van der Waals surface area (Å²) in [5, 5.41) is 0. The highest BCUT2D eigenvalue weighted by Gasteiger charge is 2.77. The average molecular weight is 148 g/mol. The van der Waals surface area contributed by atoms with E-state index in [1.807, 2.05) is 0 Å². The minimum atomic E-state index is 1.00. The van der Waals surface area contributed by atoms with Crippen LogP contribution in [0.3, 0.4) is 0 Å². The largest absolute Gasteiger partial charge is 0.0496 e. The molecule has 4 unspecified atom stereocenters. The van der Waals surface area contributed by atoms with Crippen LogP contribution in [0.5, 0.6) is 0 Å². The normalized spacial score (nSPS) is 69.8. The molecule has 4 aliphatic carbocycles. The fourth-order valence-corrected chi connectivity index (χ4v) is 5.49. The summed E-state index contributed by atoms with van der Waals surface area (Å²) in [6, 6.07) is 0. The molecule has 0 bridgehead atoms. The summed E-state index contributed by atoms with van der Waals surface area (Å²) in [4.78, 5) is 0. The molecule has 0 amide bonds. The van der Waals surface area contributed by atoms with Crippen molar-refractivity contribution >= 4 is 0 Å². The Morgan fingerprint density at radius 1 is 0.636 bits per heavy atom. The van der Waals surface area contributed by atoms with Gasteiger partial charge in [-0.2, -0.15) is 0 Å². The molecule has 4 atom stereocenters. The van der Waals surface area contributed by atoms with Gasteiger partial charge in [0, 0.05) is 0 Å². The summed E-state index contributed by atoms with van der Waals surface area (Å²) in [6.45, 7) is 0. The molecule has 0 N–H and O–H groups in total. The van der Waals surface area contributed by atoms with Crippen molar-refractivity contribution in [3.8, 4) is 0 Å². The third kappa shape index (κ3) is 0.381. The average Bonchev–Trinajstić information content (AvgIpc) is 2.42. The molecule has 0 aromatic heterocycles. The van der Waals surface area contributed by atoms with E-state index in [0.29, 0.717) is 0 Å². The molecule has 0 nitrogen and oxygen atoms in total. The Morgan fingerprint density at radius 2 is 1.09 bits per heavy atom. The third-order valence-corrected chi connectivity index (χ3v) is 5.59. The number of fused-ring (bicyclic) bond motifs is 1. The molecule has 4 rings (SSSR count). The fraction of sp³-hybridized carbons (Fsp3) is 1.00. The fourth-order valence-electron chi connectivity index (χ4n) is 5.49. The van der Waals surface area contributed by atoms with Crippen LogP contribution < -0.4 is 0 Å². The Kier molecular flexibility index (Phi) is 0.717. The summed E-state index contributed by atoms with van der Waals surface area (Å²) in [6.07, 6.45) is 9.67. The first kappa shape index (κ1) is 5.61. The zero-order valence-corrected chi connectivity index (χ0v) is 7.05. The molecule has 0 aromatic carbocycles. The molecular formula is C11H16. The van der Waals surface area contributed by atoms with Gasteiger partial charge >= 0.3 is 0 Å². The number of hydrogen-bond donors (Lipinski definition) is 0. The van der Waals surface area contributed by atoms with Gasteiger partial charge in [-0.05, 0) is 67.6 Å². The minimum Gasteiger partial charge on any atom is -0.0496 e. The van der Waals surface area contributed by atoms with Crippen molar-refractivity contribution in [2.24, 2.45) is 29.1 Å². The molecular weight excluding hydrogens is 132 g/mol. The molecule has 11 heavy (non-hydrogen) atoms. The summed E-state index contributed by atoms with van der Waals surface area (Å²) in [7, 11) is 0. The van der Waals surface area contributed by atoms with Gasteiger partial charge in [-0.1, -0.05) is 0 Å². The molecule has 4 saturated carbocycles. The molecule has 4 aliphatic rings. The van der Waals surface area contributed by atoms with Crippen molar-refractivity contribution in [3.05, 3.63) is 0 Å². The first-order valence-electron chi connectivity index (χ1n) is 5.44. The van der Waals surface area contributed by atoms with Crippen molar-refractivity contribution in [1.29, 1.82) is 0 Å². The van der Waals surface area contributed by atoms with Crippen LogP contribution in [0.15, 0.2) is 0 Å². The second kappa shape index (κ2) is 1.41. The quantitative estimate of drug-likeness (QED) is 0.495. The zero-order valence-electron chi connectivity index (χ0n) is 7.05. The second-order valence-electron chi connectivity index (χ2n) is 5.34. The van der Waals surface area contributed by atoms with Gasteiger partial charge in [-0.3, -0.25) is 0 Å². The summed E-state index contributed by atoms with van der Waals surface area (Å²) in [5.74, 6) is 4.91. The van der Waals surface area contributed by atoms with Gasteiger partial charge in [-0.25, -0.2) is 0 Å². The Bertz CT molecular complexity index is 194. The number of rotatable bonds is 0. The lowest BCUT2D eigenvalue weighted by Crippen LogP contribution is -2.11. The Morgan fingerprint density at radius 3 is 1.64 bits per heavy atom. The van der Waals surface area contributed by atoms with Crippen LogP contribution in [0.25, 0.3) is 0 Å². The molecule has 0 aliphatic heterocycles. The van der Waals surface area contributed by atoms with Crippen LogP contribution >= 0.6 is 0 Å². The van der Waals surface area contributed by atoms with E-state index in [9.17, 15) is 0 Å². The van der Waals surface area contributed by atoms with Crippen molar-refractivity contribution in [2.45, 2.75) is 38.5 Å². The van der Waals surface area contributed by atoms with Crippen molar-refractivity contribution in [2.75, 3.05) is 0 Å². The van der Waals surface area contributed by atoms with Crippen molar-refractivity contribution < 1.29 is 0 Å². The molecule has 0 heteroatoms. The Balaban J connectivity index is 1.88. The zero-order chi connectivity index (χ0) is 7.05. The Hall–Kier alpha value is 0. The van der Waals surface area contributed by atoms with Crippen LogP contribution in [0.1, 0.15) is 38.5 Å². The van der Waals surface area contributed by atoms with Gasteiger partial charge in [0.1, 0.15) is 0 Å². The van der Waals surface area contributed by atoms with Gasteiger partial charge in [0.25, 0.3) is 0 Å². The third-order valence-electron chi connectivity index (χ3n) is 5.59. The first-order valence-corrected chi connectivity index (χ1v) is 5.44. The molecule has 0 heterocycles. The van der Waals surface area contributed by atoms with Crippen molar-refractivity contribution in [1.82, 2.24) is 0 Å². The standard InChI is InChI=1S/C11H16/c1-2-8-4-6-10-9-5-3-7(1)11(8,9)10/h7-10H,1-6H2. The van der Waals surface area contributed by atoms with Crippen LogP contribution in [0, 0.1) is 29.1 Å². The number of hydrogen-bond acceptors (Lipinski definition) is 0. The van der Waals surface area contributed by atoms with E-state index in [2.05, 4.69) is 0 Å². The van der Waals surface area contributed by atoms with Gasteiger partial charge in [0.15, 0.2) is 0 Å². The van der Waals surface area contributed by atoms with Crippen LogP contribution in [-0.2, 0) is 0 Å². The van der Waals surface area contributed by atoms with Crippen LogP contribution in [0.4, 0.5) is 0 Å². The molecule has 0 radical (unpaired) electrons. The predicted molar refractivity (Wildman–Crippen MR) is 44.1 cm³/mol. The molecule has 60 valence electrons. The maximum absolute atomic E-state index is 1.62. The SMILES string of the molecule is C1CC2CCC3C4CCC1C243. The summed E-state index contributed by atoms with van der Waals surface area (Å²) < 4.78 is 0. The smallest absolute Gasteiger partial charge is 0.0179 e. The van der Waals surface area contributed by atoms with E-state index in [1.165, 1.54) is 23.7 Å². The second-order valence-corrected chi connectivity index (χ2v) is 5.34. The van der Waals surface area contributed by atoms with Crippen LogP contribution in [0.2, 0.25) is 0 Å². The predicted octanol–water partition coefficient (Wildman–Crippen LogP) is 2.83. The van der Waals surface area contributed by atoms with Gasteiger partial charge in [0.05, 0.1) is 0 Å². The summed E-state index contributed by atoms with van der Waals surface area (Å²) >= 11 is 0. The maximum Gasteiger partial charge on any atom is -0.0179 e. The van der Waals surface area contributed by atoms with E-state index in [-0.39, 0.29) is 0 Å². The molecule has 1 spiro atoms. The lowest BCUT2D eigenvalue weighted by atomic mass is 9.88. The highest BCUT2D eigenvalue weighted by molar-refractivity contribution is 5.25. The summed E-state index contributed by atoms with van der Waals surface area (Å²) in [5.41, 5.74) is 1.00. The van der Waals surface area contributed by atoms with E-state index in [4.69, 9.17) is 0 Å². The lowest BCUT2D eigenvalue weighted by molar-refractivity contribution is 0.313. The van der Waals surface area contributed by atoms with Gasteiger partial charge in [0.2, 0.25) is 0 Å². The van der Waals surface area contributed by atoms with E-state index in [0.717, 1.165) is 5.41 Å². The first-order chi connectivity index (χ1) is 5.44. The van der Waals surface area contributed by atoms with E-state index in [1.54, 1.807) is 38.5 Å².